The minimum Gasteiger partial charge on any atom is -0.756 e. The standard InChI is InChI=1S/C56H106NO8P/c1-6-8-10-12-14-16-18-20-21-22-23-24-25-26-27-28-29-30-31-32-33-34-35-37-39-41-43-45-47-49-56(59)65-54(53-64-66(60,61)63-51-50-57(3,4)5)52-62-55(58)48-46-44-42-40-38-36-19-17-15-13-11-9-7-2/h18,20,22-23,25-26,54H,6-17,19,21,24,27-53H2,1-5H3/b20-18-,23-22-,26-25-. The van der Waals surface area contributed by atoms with Gasteiger partial charge in [0, 0.05) is 12.8 Å². The van der Waals surface area contributed by atoms with E-state index in [1.165, 1.54) is 173 Å². The second kappa shape index (κ2) is 48.3. The van der Waals surface area contributed by atoms with Crippen molar-refractivity contribution in [2.45, 2.75) is 264 Å². The number of likely N-dealkylation sites (N-methyl/N-ethyl adjacent to an activating group) is 1. The summed E-state index contributed by atoms with van der Waals surface area (Å²) in [5, 5.41) is 0. The summed E-state index contributed by atoms with van der Waals surface area (Å²) < 4.78 is 34.1. The highest BCUT2D eigenvalue weighted by Gasteiger charge is 2.21. The van der Waals surface area contributed by atoms with Crippen molar-refractivity contribution >= 4 is 19.8 Å². The van der Waals surface area contributed by atoms with E-state index >= 15 is 0 Å². The number of carbonyl (C=O) groups excluding carboxylic acids is 2. The van der Waals surface area contributed by atoms with E-state index in [1.807, 2.05) is 21.1 Å². The van der Waals surface area contributed by atoms with Gasteiger partial charge >= 0.3 is 11.9 Å². The van der Waals surface area contributed by atoms with Crippen LogP contribution in [-0.4, -0.2) is 70.0 Å². The number of hydrogen-bond acceptors (Lipinski definition) is 8. The Kier molecular flexibility index (Phi) is 47.0. The highest BCUT2D eigenvalue weighted by molar-refractivity contribution is 7.45. The third-order valence-electron chi connectivity index (χ3n) is 12.2. The van der Waals surface area contributed by atoms with Crippen LogP contribution in [0.5, 0.6) is 0 Å². The number of esters is 2. The van der Waals surface area contributed by atoms with Gasteiger partial charge in [-0.25, -0.2) is 0 Å². The topological polar surface area (TPSA) is 111 Å². The lowest BCUT2D eigenvalue weighted by molar-refractivity contribution is -0.870. The number of quaternary nitrogens is 1. The number of carbonyl (C=O) groups is 2. The molecule has 0 aliphatic heterocycles. The molecule has 0 radical (unpaired) electrons. The zero-order valence-corrected chi connectivity index (χ0v) is 44.8. The molecule has 0 aromatic rings. The summed E-state index contributed by atoms with van der Waals surface area (Å²) in [6.07, 6.45) is 57.6. The average Bonchev–Trinajstić information content (AvgIpc) is 3.27. The van der Waals surface area contributed by atoms with E-state index in [2.05, 4.69) is 50.3 Å². The molecule has 2 unspecified atom stereocenters. The van der Waals surface area contributed by atoms with Gasteiger partial charge in [-0.15, -0.1) is 0 Å². The fourth-order valence-electron chi connectivity index (χ4n) is 7.84. The van der Waals surface area contributed by atoms with Crippen LogP contribution in [0.2, 0.25) is 0 Å². The first-order valence-electron chi connectivity index (χ1n) is 27.7. The third-order valence-corrected chi connectivity index (χ3v) is 13.1. The summed E-state index contributed by atoms with van der Waals surface area (Å²) in [6, 6.07) is 0. The molecule has 10 heteroatoms. The van der Waals surface area contributed by atoms with Gasteiger partial charge in [0.05, 0.1) is 27.7 Å². The van der Waals surface area contributed by atoms with Crippen molar-refractivity contribution in [1.82, 2.24) is 0 Å². The monoisotopic (exact) mass is 952 g/mol. The first-order chi connectivity index (χ1) is 32.0. The summed E-state index contributed by atoms with van der Waals surface area (Å²) >= 11 is 0. The molecule has 0 N–H and O–H groups in total. The number of allylic oxidation sites excluding steroid dienone is 6. The molecule has 2 atom stereocenters. The van der Waals surface area contributed by atoms with Gasteiger partial charge in [-0.05, 0) is 51.4 Å². The summed E-state index contributed by atoms with van der Waals surface area (Å²) in [5.74, 6) is -0.824. The van der Waals surface area contributed by atoms with Crippen molar-refractivity contribution in [1.29, 1.82) is 0 Å². The predicted octanol–water partition coefficient (Wildman–Crippen LogP) is 16.2. The average molecular weight is 952 g/mol. The van der Waals surface area contributed by atoms with Gasteiger partial charge in [-0.1, -0.05) is 230 Å². The normalized spacial score (nSPS) is 13.6. The molecule has 0 amide bonds. The van der Waals surface area contributed by atoms with Crippen molar-refractivity contribution in [2.24, 2.45) is 0 Å². The minimum atomic E-state index is -4.63. The summed E-state index contributed by atoms with van der Waals surface area (Å²) in [7, 11) is 1.17. The maximum Gasteiger partial charge on any atom is 0.306 e. The first kappa shape index (κ1) is 64.2. The molecule has 66 heavy (non-hydrogen) atoms. The van der Waals surface area contributed by atoms with Crippen molar-refractivity contribution in [3.8, 4) is 0 Å². The molecular formula is C56H106NO8P. The van der Waals surface area contributed by atoms with Crippen LogP contribution in [0, 0.1) is 0 Å². The van der Waals surface area contributed by atoms with Crippen LogP contribution in [0.3, 0.4) is 0 Å². The molecule has 9 nitrogen and oxygen atoms in total. The van der Waals surface area contributed by atoms with E-state index in [0.29, 0.717) is 17.4 Å². The number of rotatable bonds is 51. The Morgan fingerprint density at radius 2 is 0.818 bits per heavy atom. The van der Waals surface area contributed by atoms with Crippen LogP contribution in [-0.2, 0) is 32.7 Å². The van der Waals surface area contributed by atoms with Crippen molar-refractivity contribution in [2.75, 3.05) is 47.5 Å². The van der Waals surface area contributed by atoms with Crippen LogP contribution < -0.4 is 4.89 Å². The number of phosphoric acid groups is 1. The van der Waals surface area contributed by atoms with Gasteiger partial charge in [-0.2, -0.15) is 0 Å². The van der Waals surface area contributed by atoms with Gasteiger partial charge in [0.15, 0.2) is 6.10 Å². The smallest absolute Gasteiger partial charge is 0.306 e. The number of unbranched alkanes of at least 4 members (excludes halogenated alkanes) is 31. The zero-order valence-electron chi connectivity index (χ0n) is 43.9. The third kappa shape index (κ3) is 51.6. The van der Waals surface area contributed by atoms with E-state index in [4.69, 9.17) is 18.5 Å². The van der Waals surface area contributed by atoms with Crippen LogP contribution in [0.1, 0.15) is 258 Å². The van der Waals surface area contributed by atoms with Crippen molar-refractivity contribution in [3.63, 3.8) is 0 Å². The van der Waals surface area contributed by atoms with E-state index in [-0.39, 0.29) is 32.0 Å². The van der Waals surface area contributed by atoms with Crippen molar-refractivity contribution in [3.05, 3.63) is 36.5 Å². The molecule has 0 fully saturated rings. The maximum atomic E-state index is 12.8. The van der Waals surface area contributed by atoms with Gasteiger partial charge in [0.2, 0.25) is 0 Å². The SMILES string of the molecule is CCCCCCC/C=C\C/C=C\C/C=C\CCCCCCCCCCCCCCCCC(=O)OC(COC(=O)CCCCCCCCCCCCCCC)COP(=O)([O-])OCC[N+](C)(C)C. The number of phosphoric ester groups is 1. The lowest BCUT2D eigenvalue weighted by Gasteiger charge is -2.28. The molecule has 0 spiro atoms. The largest absolute Gasteiger partial charge is 0.756 e. The van der Waals surface area contributed by atoms with E-state index < -0.39 is 26.5 Å². The number of nitrogens with zero attached hydrogens (tertiary/aromatic N) is 1. The van der Waals surface area contributed by atoms with Gasteiger partial charge in [0.25, 0.3) is 7.82 Å². The van der Waals surface area contributed by atoms with E-state index in [0.717, 1.165) is 51.4 Å². The molecule has 0 saturated heterocycles. The Morgan fingerprint density at radius 1 is 0.470 bits per heavy atom. The van der Waals surface area contributed by atoms with Crippen LogP contribution >= 0.6 is 7.82 Å². The molecule has 0 aromatic heterocycles. The Hall–Kier alpha value is -1.77. The molecule has 0 saturated carbocycles. The summed E-state index contributed by atoms with van der Waals surface area (Å²) in [6.45, 7) is 4.25. The van der Waals surface area contributed by atoms with E-state index in [1.54, 1.807) is 0 Å². The van der Waals surface area contributed by atoms with Crippen LogP contribution in [0.15, 0.2) is 36.5 Å². The quantitative estimate of drug-likeness (QED) is 0.0195. The molecule has 0 bridgehead atoms. The second-order valence-corrected chi connectivity index (χ2v) is 21.4. The lowest BCUT2D eigenvalue weighted by atomic mass is 10.0. The molecule has 0 aliphatic rings. The second-order valence-electron chi connectivity index (χ2n) is 20.0. The molecule has 0 aromatic carbocycles. The molecule has 388 valence electrons. The summed E-state index contributed by atoms with van der Waals surface area (Å²) in [4.78, 5) is 37.7. The Bertz CT molecular complexity index is 1210. The van der Waals surface area contributed by atoms with Crippen LogP contribution in [0.4, 0.5) is 0 Å². The van der Waals surface area contributed by atoms with Gasteiger partial charge < -0.3 is 27.9 Å². The highest BCUT2D eigenvalue weighted by Crippen LogP contribution is 2.38. The number of ether oxygens (including phenoxy) is 2. The number of hydrogen-bond donors (Lipinski definition) is 0. The predicted molar refractivity (Wildman–Crippen MR) is 277 cm³/mol. The Labute approximate surface area is 408 Å². The van der Waals surface area contributed by atoms with E-state index in [9.17, 15) is 19.0 Å². The van der Waals surface area contributed by atoms with Gasteiger partial charge in [0.1, 0.15) is 19.8 Å². The van der Waals surface area contributed by atoms with Gasteiger partial charge in [-0.3, -0.25) is 14.2 Å². The zero-order chi connectivity index (χ0) is 48.5. The van der Waals surface area contributed by atoms with Crippen LogP contribution in [0.25, 0.3) is 0 Å². The maximum absolute atomic E-state index is 12.8. The van der Waals surface area contributed by atoms with Crippen molar-refractivity contribution < 1.29 is 42.1 Å². The minimum absolute atomic E-state index is 0.0291. The highest BCUT2D eigenvalue weighted by atomic mass is 31.2. The molecule has 0 rings (SSSR count). The Balaban J connectivity index is 4.09. The molecular weight excluding hydrogens is 846 g/mol. The molecule has 0 heterocycles. The Morgan fingerprint density at radius 3 is 1.21 bits per heavy atom. The fourth-order valence-corrected chi connectivity index (χ4v) is 8.57. The molecule has 0 aliphatic carbocycles. The summed E-state index contributed by atoms with van der Waals surface area (Å²) in [5.41, 5.74) is 0. The first-order valence-corrected chi connectivity index (χ1v) is 29.2. The lowest BCUT2D eigenvalue weighted by Crippen LogP contribution is -2.37. The fraction of sp³-hybridized carbons (Fsp3) is 0.857.